The topological polar surface area (TPSA) is 42.6 Å². The lowest BCUT2D eigenvalue weighted by atomic mass is 9.33. The minimum Gasteiger partial charge on any atom is -0.363 e. The molecule has 3 N–H and O–H groups in total. The van der Waals surface area contributed by atoms with Crippen LogP contribution in [0.15, 0.2) is 234 Å². The number of nitrogens with zero attached hydrogens (tertiary/aromatic N) is 2. The highest BCUT2D eigenvalue weighted by atomic mass is 32.2. The molecule has 9 aromatic rings. The first-order valence-corrected chi connectivity index (χ1v) is 24.9. The molecule has 332 valence electrons. The predicted molar refractivity (Wildman–Crippen MR) is 302 cm³/mol. The lowest BCUT2D eigenvalue weighted by molar-refractivity contribution is 1.17. The number of hydrogen-bond acceptors (Lipinski definition) is 6. The van der Waals surface area contributed by atoms with Gasteiger partial charge in [0.1, 0.15) is 0 Å². The fourth-order valence-electron chi connectivity index (χ4n) is 10.8. The number of benzene rings is 9. The van der Waals surface area contributed by atoms with E-state index in [0.29, 0.717) is 7.28 Å². The van der Waals surface area contributed by atoms with Crippen molar-refractivity contribution in [3.05, 3.63) is 241 Å². The number of nitrogens with one attached hydrogen (secondary N) is 3. The molecule has 0 amide bonds. The van der Waals surface area contributed by atoms with Crippen LogP contribution in [-0.4, -0.2) is 14.0 Å². The molecule has 4 aliphatic rings. The number of allylic oxidation sites excluding steroid dienone is 4. The van der Waals surface area contributed by atoms with Crippen molar-refractivity contribution in [2.45, 2.75) is 23.6 Å². The maximum atomic E-state index is 4.07. The monoisotopic (exact) mass is 915 g/mol. The van der Waals surface area contributed by atoms with Gasteiger partial charge in [0, 0.05) is 49.5 Å². The largest absolute Gasteiger partial charge is 0.363 e. The zero-order chi connectivity index (χ0) is 46.7. The Bertz CT molecular complexity index is 3500. The molecule has 8 heteroatoms. The summed E-state index contributed by atoms with van der Waals surface area (Å²) in [6.45, 7) is 4.27. The van der Waals surface area contributed by atoms with Gasteiger partial charge in [-0.1, -0.05) is 173 Å². The second-order valence-corrected chi connectivity index (χ2v) is 19.6. The number of para-hydroxylation sites is 5. The first kappa shape index (κ1) is 41.8. The first-order chi connectivity index (χ1) is 34.5. The van der Waals surface area contributed by atoms with Crippen LogP contribution >= 0.6 is 11.8 Å². The number of rotatable bonds is 8. The lowest BCUT2D eigenvalue weighted by Crippen LogP contribution is -2.55. The van der Waals surface area contributed by atoms with E-state index in [1.165, 1.54) is 76.4 Å². The Morgan fingerprint density at radius 1 is 0.571 bits per heavy atom. The van der Waals surface area contributed by atoms with Crippen LogP contribution in [-0.2, 0) is 0 Å². The summed E-state index contributed by atoms with van der Waals surface area (Å²) in [5.74, 6) is 0. The molecular formula is C62H47B2N5S. The molecule has 13 rings (SSSR count). The molecule has 4 aliphatic heterocycles. The van der Waals surface area contributed by atoms with Gasteiger partial charge in [0.25, 0.3) is 0 Å². The molecule has 9 aromatic carbocycles. The number of aryl methyl sites for hydroxylation is 2. The van der Waals surface area contributed by atoms with E-state index in [0.717, 1.165) is 51.1 Å². The molecule has 5 nitrogen and oxygen atoms in total. The van der Waals surface area contributed by atoms with Crippen molar-refractivity contribution in [1.29, 1.82) is 0 Å². The Balaban J connectivity index is 1.20. The predicted octanol–water partition coefficient (Wildman–Crippen LogP) is 13.6. The minimum atomic E-state index is -0.0300. The number of fused-ring (bicyclic) bond motifs is 5. The van der Waals surface area contributed by atoms with Gasteiger partial charge in [-0.15, -0.1) is 0 Å². The maximum absolute atomic E-state index is 4.07. The van der Waals surface area contributed by atoms with Gasteiger partial charge < -0.3 is 25.8 Å². The summed E-state index contributed by atoms with van der Waals surface area (Å²) in [6.07, 6.45) is 11.4. The summed E-state index contributed by atoms with van der Waals surface area (Å²) in [6, 6.07) is 70.6. The van der Waals surface area contributed by atoms with Crippen LogP contribution < -0.4 is 47.6 Å². The van der Waals surface area contributed by atoms with Crippen molar-refractivity contribution in [3.63, 3.8) is 0 Å². The van der Waals surface area contributed by atoms with Crippen LogP contribution in [0.5, 0.6) is 0 Å². The highest BCUT2D eigenvalue weighted by Gasteiger charge is 2.44. The highest BCUT2D eigenvalue weighted by molar-refractivity contribution is 8.00. The van der Waals surface area contributed by atoms with Gasteiger partial charge in [-0.05, 0) is 127 Å². The van der Waals surface area contributed by atoms with E-state index < -0.39 is 0 Å². The summed E-state index contributed by atoms with van der Waals surface area (Å²) in [7, 11) is 0.693. The van der Waals surface area contributed by atoms with Crippen LogP contribution in [0.25, 0.3) is 17.2 Å². The van der Waals surface area contributed by atoms with E-state index in [1.54, 1.807) is 0 Å². The molecule has 0 fully saturated rings. The third kappa shape index (κ3) is 7.22. The van der Waals surface area contributed by atoms with Crippen LogP contribution in [0, 0.1) is 13.8 Å². The zero-order valence-electron chi connectivity index (χ0n) is 38.9. The van der Waals surface area contributed by atoms with Crippen molar-refractivity contribution >= 4 is 116 Å². The molecule has 0 unspecified atom stereocenters. The smallest absolute Gasteiger partial charge is 0.249 e. The molecule has 4 heterocycles. The van der Waals surface area contributed by atoms with Gasteiger partial charge in [0.2, 0.25) is 6.71 Å². The summed E-state index contributed by atoms with van der Waals surface area (Å²) in [5.41, 5.74) is 24.2. The van der Waals surface area contributed by atoms with Crippen LogP contribution in [0.3, 0.4) is 0 Å². The minimum absolute atomic E-state index is 0.0300. The molecule has 0 aliphatic carbocycles. The molecular weight excluding hydrogens is 868 g/mol. The third-order valence-electron chi connectivity index (χ3n) is 14.0. The zero-order valence-corrected chi connectivity index (χ0v) is 39.8. The van der Waals surface area contributed by atoms with Gasteiger partial charge in [-0.3, -0.25) is 0 Å². The van der Waals surface area contributed by atoms with Gasteiger partial charge in [0.15, 0.2) is 7.28 Å². The van der Waals surface area contributed by atoms with Crippen molar-refractivity contribution in [3.8, 4) is 11.1 Å². The Hall–Kier alpha value is -8.32. The van der Waals surface area contributed by atoms with Crippen molar-refractivity contribution in [2.24, 2.45) is 0 Å². The van der Waals surface area contributed by atoms with Crippen molar-refractivity contribution in [1.82, 2.24) is 0 Å². The lowest BCUT2D eigenvalue weighted by Gasteiger charge is -2.44. The SMILES string of the molecule is Cc1ccc(N(c2ccc(C)cc2)c2cc(Nc3ccccc3)c(-c3c4c5c6c7c3Sc3ccccc3N7c3ccccc3B6C(=C\Nc3ccccc3B4)/C=C\C=C/5)c(Nc3ccccc3)c2)cc1. The quantitative estimate of drug-likeness (QED) is 0.132. The van der Waals surface area contributed by atoms with E-state index in [1.807, 2.05) is 11.8 Å². The van der Waals surface area contributed by atoms with E-state index in [9.17, 15) is 0 Å². The Morgan fingerprint density at radius 2 is 1.16 bits per heavy atom. The Labute approximate surface area is 415 Å². The summed E-state index contributed by atoms with van der Waals surface area (Å²) in [4.78, 5) is 7.42. The molecule has 0 atom stereocenters. The van der Waals surface area contributed by atoms with Crippen LogP contribution in [0.4, 0.5) is 62.6 Å². The number of hydrogen-bond donors (Lipinski definition) is 3. The van der Waals surface area contributed by atoms with E-state index >= 15 is 0 Å². The summed E-state index contributed by atoms with van der Waals surface area (Å²) in [5, 5.41) is 12.0. The fourth-order valence-corrected chi connectivity index (χ4v) is 12.1. The summed E-state index contributed by atoms with van der Waals surface area (Å²) >= 11 is 1.90. The molecule has 4 bridgehead atoms. The number of anilines is 11. The maximum Gasteiger partial charge on any atom is 0.249 e. The third-order valence-corrected chi connectivity index (χ3v) is 15.2. The molecule has 0 saturated carbocycles. The van der Waals surface area contributed by atoms with Crippen molar-refractivity contribution < 1.29 is 0 Å². The Morgan fingerprint density at radius 3 is 1.84 bits per heavy atom. The van der Waals surface area contributed by atoms with Crippen LogP contribution in [0.1, 0.15) is 16.7 Å². The van der Waals surface area contributed by atoms with E-state index in [2.05, 4.69) is 264 Å². The Kier molecular flexibility index (Phi) is 10.4. The molecule has 70 heavy (non-hydrogen) atoms. The molecule has 0 saturated heterocycles. The average molecular weight is 916 g/mol. The normalized spacial score (nSPS) is 15.0. The van der Waals surface area contributed by atoms with Gasteiger partial charge >= 0.3 is 0 Å². The molecule has 0 spiro atoms. The fraction of sp³-hybridized carbons (Fsp3) is 0.0323. The van der Waals surface area contributed by atoms with Crippen LogP contribution in [0.2, 0.25) is 0 Å². The highest BCUT2D eigenvalue weighted by Crippen LogP contribution is 2.57. The first-order valence-electron chi connectivity index (χ1n) is 24.1. The molecule has 0 aromatic heterocycles. The second-order valence-electron chi connectivity index (χ2n) is 18.5. The van der Waals surface area contributed by atoms with E-state index in [-0.39, 0.29) is 6.71 Å². The second kappa shape index (κ2) is 17.3. The summed E-state index contributed by atoms with van der Waals surface area (Å²) < 4.78 is 0. The van der Waals surface area contributed by atoms with Gasteiger partial charge in [-0.25, -0.2) is 0 Å². The van der Waals surface area contributed by atoms with Gasteiger partial charge in [0.05, 0.1) is 28.4 Å². The molecule has 0 radical (unpaired) electrons. The van der Waals surface area contributed by atoms with Crippen molar-refractivity contribution in [2.75, 3.05) is 25.8 Å². The van der Waals surface area contributed by atoms with Gasteiger partial charge in [-0.2, -0.15) is 0 Å². The van der Waals surface area contributed by atoms with E-state index in [4.69, 9.17) is 0 Å². The standard InChI is InChI=1S/C62H47B2N5S/c1-40-29-33-45(34-30-40)68(46-35-31-41(2)32-36-46)47-37-52(66-43-18-5-3-6-19-43)57(53(38-47)67-44-20-7-4-8-21-44)58-59-48-22-10-9-17-42(39-65-51-25-13-11-23-49(51)63-59)64-50-24-12-14-26-54(50)69-55-27-15-16-28-56(55)70-62(58)61(69)60(48)64/h3-39,63,65-67H,1-2H3/b17-9-,22-10-,42-39-. The average Bonchev–Trinajstić information content (AvgIpc) is 3.38.